The SMILES string of the molecule is COCCNS(=O)(=O)NC1CCC(=O)NC1. The molecule has 0 aliphatic carbocycles. The predicted molar refractivity (Wildman–Crippen MR) is 58.0 cm³/mol. The first-order valence-electron chi connectivity index (χ1n) is 5.06. The van der Waals surface area contributed by atoms with E-state index in [0.717, 1.165) is 0 Å². The molecule has 1 atom stereocenters. The van der Waals surface area contributed by atoms with Gasteiger partial charge in [-0.25, -0.2) is 0 Å². The molecule has 0 aromatic carbocycles. The van der Waals surface area contributed by atoms with Gasteiger partial charge >= 0.3 is 0 Å². The van der Waals surface area contributed by atoms with Crippen LogP contribution in [0.3, 0.4) is 0 Å². The average molecular weight is 251 g/mol. The highest BCUT2D eigenvalue weighted by Crippen LogP contribution is 2.03. The van der Waals surface area contributed by atoms with Crippen LogP contribution >= 0.6 is 0 Å². The lowest BCUT2D eigenvalue weighted by Gasteiger charge is -2.23. The summed E-state index contributed by atoms with van der Waals surface area (Å²) in [6.07, 6.45) is 0.877. The number of carbonyl (C=O) groups excluding carboxylic acids is 1. The number of piperidine rings is 1. The fraction of sp³-hybridized carbons (Fsp3) is 0.875. The standard InChI is InChI=1S/C8H17N3O4S/c1-15-5-4-10-16(13,14)11-7-2-3-8(12)9-6-7/h7,10-11H,2-6H2,1H3,(H,9,12). The Morgan fingerprint density at radius 3 is 2.88 bits per heavy atom. The smallest absolute Gasteiger partial charge is 0.277 e. The first-order valence-corrected chi connectivity index (χ1v) is 6.54. The first kappa shape index (κ1) is 13.4. The number of nitrogens with one attached hydrogen (secondary N) is 3. The maximum Gasteiger partial charge on any atom is 0.277 e. The molecule has 94 valence electrons. The Balaban J connectivity index is 2.32. The van der Waals surface area contributed by atoms with Gasteiger partial charge in [-0.2, -0.15) is 17.9 Å². The van der Waals surface area contributed by atoms with Crippen LogP contribution in [0.15, 0.2) is 0 Å². The van der Waals surface area contributed by atoms with Crippen molar-refractivity contribution in [2.45, 2.75) is 18.9 Å². The van der Waals surface area contributed by atoms with Crippen LogP contribution in [-0.4, -0.2) is 47.2 Å². The normalized spacial score (nSPS) is 21.8. The van der Waals surface area contributed by atoms with Gasteiger partial charge in [-0.15, -0.1) is 0 Å². The van der Waals surface area contributed by atoms with Gasteiger partial charge in [0.1, 0.15) is 0 Å². The van der Waals surface area contributed by atoms with Gasteiger partial charge in [-0.1, -0.05) is 0 Å². The van der Waals surface area contributed by atoms with Crippen LogP contribution in [0.5, 0.6) is 0 Å². The van der Waals surface area contributed by atoms with Gasteiger partial charge in [0.2, 0.25) is 5.91 Å². The minimum Gasteiger partial charge on any atom is -0.383 e. The zero-order valence-corrected chi connectivity index (χ0v) is 9.97. The van der Waals surface area contributed by atoms with Gasteiger partial charge in [-0.3, -0.25) is 4.79 Å². The molecule has 3 N–H and O–H groups in total. The monoisotopic (exact) mass is 251 g/mol. The highest BCUT2D eigenvalue weighted by atomic mass is 32.2. The Hall–Kier alpha value is -0.700. The largest absolute Gasteiger partial charge is 0.383 e. The Bertz CT molecular complexity index is 320. The summed E-state index contributed by atoms with van der Waals surface area (Å²) in [6, 6.07) is -0.238. The molecule has 16 heavy (non-hydrogen) atoms. The Kier molecular flexibility index (Phi) is 5.13. The van der Waals surface area contributed by atoms with Crippen molar-refractivity contribution in [3.8, 4) is 0 Å². The van der Waals surface area contributed by atoms with E-state index < -0.39 is 10.2 Å². The third-order valence-electron chi connectivity index (χ3n) is 2.19. The van der Waals surface area contributed by atoms with Gasteiger partial charge in [0, 0.05) is 32.7 Å². The van der Waals surface area contributed by atoms with E-state index in [-0.39, 0.29) is 18.5 Å². The Morgan fingerprint density at radius 2 is 2.31 bits per heavy atom. The van der Waals surface area contributed by atoms with Crippen molar-refractivity contribution in [2.75, 3.05) is 26.8 Å². The van der Waals surface area contributed by atoms with Gasteiger partial charge in [-0.05, 0) is 6.42 Å². The van der Waals surface area contributed by atoms with Crippen molar-refractivity contribution in [3.05, 3.63) is 0 Å². The van der Waals surface area contributed by atoms with E-state index in [9.17, 15) is 13.2 Å². The van der Waals surface area contributed by atoms with Gasteiger partial charge < -0.3 is 10.1 Å². The van der Waals surface area contributed by atoms with Crippen LogP contribution in [0, 0.1) is 0 Å². The molecule has 1 aliphatic rings. The van der Waals surface area contributed by atoms with Crippen molar-refractivity contribution >= 4 is 16.1 Å². The number of ether oxygens (including phenoxy) is 1. The van der Waals surface area contributed by atoms with E-state index in [1.54, 1.807) is 0 Å². The van der Waals surface area contributed by atoms with E-state index in [0.29, 0.717) is 26.0 Å². The number of hydrogen-bond donors (Lipinski definition) is 3. The highest BCUT2D eigenvalue weighted by Gasteiger charge is 2.22. The second-order valence-corrected chi connectivity index (χ2v) is 5.08. The molecule has 0 bridgehead atoms. The van der Waals surface area contributed by atoms with Gasteiger partial charge in [0.15, 0.2) is 0 Å². The molecule has 1 saturated heterocycles. The number of amides is 1. The molecule has 0 saturated carbocycles. The Labute approximate surface area is 95.1 Å². The molecule has 0 spiro atoms. The first-order chi connectivity index (χ1) is 7.53. The molecule has 1 amide bonds. The zero-order valence-electron chi connectivity index (χ0n) is 9.15. The second-order valence-electron chi connectivity index (χ2n) is 3.55. The van der Waals surface area contributed by atoms with E-state index in [4.69, 9.17) is 4.74 Å². The van der Waals surface area contributed by atoms with Crippen LogP contribution in [0.1, 0.15) is 12.8 Å². The van der Waals surface area contributed by atoms with Crippen LogP contribution in [0.4, 0.5) is 0 Å². The molecule has 8 heteroatoms. The lowest BCUT2D eigenvalue weighted by molar-refractivity contribution is -0.122. The summed E-state index contributed by atoms with van der Waals surface area (Å²) in [5, 5.41) is 2.60. The predicted octanol–water partition coefficient (Wildman–Crippen LogP) is -1.66. The molecule has 7 nitrogen and oxygen atoms in total. The molecule has 0 aromatic heterocycles. The third-order valence-corrected chi connectivity index (χ3v) is 3.41. The molecule has 1 aliphatic heterocycles. The second kappa shape index (κ2) is 6.14. The Morgan fingerprint density at radius 1 is 1.56 bits per heavy atom. The van der Waals surface area contributed by atoms with Crippen molar-refractivity contribution in [2.24, 2.45) is 0 Å². The number of hydrogen-bond acceptors (Lipinski definition) is 4. The van der Waals surface area contributed by atoms with Gasteiger partial charge in [0.05, 0.1) is 6.61 Å². The number of methoxy groups -OCH3 is 1. The highest BCUT2D eigenvalue weighted by molar-refractivity contribution is 7.87. The number of carbonyl (C=O) groups is 1. The maximum absolute atomic E-state index is 11.5. The summed E-state index contributed by atoms with van der Waals surface area (Å²) in [5.74, 6) is -0.0391. The van der Waals surface area contributed by atoms with Crippen LogP contribution in [-0.2, 0) is 19.7 Å². The van der Waals surface area contributed by atoms with Crippen LogP contribution < -0.4 is 14.8 Å². The quantitative estimate of drug-likeness (QED) is 0.492. The van der Waals surface area contributed by atoms with E-state index >= 15 is 0 Å². The molecule has 0 radical (unpaired) electrons. The number of rotatable bonds is 6. The van der Waals surface area contributed by atoms with Crippen molar-refractivity contribution in [3.63, 3.8) is 0 Å². The fourth-order valence-corrected chi connectivity index (χ4v) is 2.45. The molecular formula is C8H17N3O4S. The summed E-state index contributed by atoms with van der Waals surface area (Å²) in [4.78, 5) is 10.9. The molecular weight excluding hydrogens is 234 g/mol. The lowest BCUT2D eigenvalue weighted by atomic mass is 10.1. The van der Waals surface area contributed by atoms with Crippen molar-refractivity contribution in [1.29, 1.82) is 0 Å². The molecule has 1 fully saturated rings. The molecule has 1 unspecified atom stereocenters. The minimum atomic E-state index is -3.50. The lowest BCUT2D eigenvalue weighted by Crippen LogP contribution is -2.51. The minimum absolute atomic E-state index is 0.0391. The summed E-state index contributed by atoms with van der Waals surface area (Å²) in [5.41, 5.74) is 0. The van der Waals surface area contributed by atoms with Crippen LogP contribution in [0.25, 0.3) is 0 Å². The maximum atomic E-state index is 11.5. The van der Waals surface area contributed by atoms with E-state index in [1.165, 1.54) is 7.11 Å². The molecule has 0 aromatic rings. The van der Waals surface area contributed by atoms with E-state index in [1.807, 2.05) is 0 Å². The zero-order chi connectivity index (χ0) is 12.0. The third kappa shape index (κ3) is 4.88. The summed E-state index contributed by atoms with van der Waals surface area (Å²) < 4.78 is 32.5. The average Bonchev–Trinajstić information content (AvgIpc) is 2.21. The van der Waals surface area contributed by atoms with Crippen LogP contribution in [0.2, 0.25) is 0 Å². The van der Waals surface area contributed by atoms with Crippen molar-refractivity contribution in [1.82, 2.24) is 14.8 Å². The van der Waals surface area contributed by atoms with Gasteiger partial charge in [0.25, 0.3) is 10.2 Å². The van der Waals surface area contributed by atoms with E-state index in [2.05, 4.69) is 14.8 Å². The summed E-state index contributed by atoms with van der Waals surface area (Å²) in [6.45, 7) is 0.886. The summed E-state index contributed by atoms with van der Waals surface area (Å²) in [7, 11) is -2.00. The fourth-order valence-electron chi connectivity index (χ4n) is 1.37. The molecule has 1 rings (SSSR count). The van der Waals surface area contributed by atoms with Crippen molar-refractivity contribution < 1.29 is 17.9 Å². The molecule has 1 heterocycles. The summed E-state index contributed by atoms with van der Waals surface area (Å²) >= 11 is 0. The topological polar surface area (TPSA) is 96.5 Å².